The maximum absolute atomic E-state index is 13.2. The molecule has 0 unspecified atom stereocenters. The predicted octanol–water partition coefficient (Wildman–Crippen LogP) is 4.20. The summed E-state index contributed by atoms with van der Waals surface area (Å²) in [5.41, 5.74) is 5.53. The van der Waals surface area contributed by atoms with E-state index in [1.165, 1.54) is 0 Å². The third kappa shape index (κ3) is 4.24. The molecule has 4 rings (SSSR count). The molecule has 0 spiro atoms. The molecule has 0 saturated heterocycles. The average molecular weight is 451 g/mol. The lowest BCUT2D eigenvalue weighted by Crippen LogP contribution is -2.24. The summed E-state index contributed by atoms with van der Waals surface area (Å²) in [6.07, 6.45) is 1.72. The number of aryl methyl sites for hydroxylation is 3. The van der Waals surface area contributed by atoms with Crippen LogP contribution in [0.3, 0.4) is 0 Å². The van der Waals surface area contributed by atoms with Crippen LogP contribution in [-0.2, 0) is 16.6 Å². The Labute approximate surface area is 188 Å². The van der Waals surface area contributed by atoms with Crippen LogP contribution in [0.1, 0.15) is 29.4 Å². The Hall–Kier alpha value is -3.23. The van der Waals surface area contributed by atoms with Crippen LogP contribution in [0, 0.1) is 20.8 Å². The molecule has 1 N–H and O–H groups in total. The number of hydrogen-bond donors (Lipinski definition) is 1. The van der Waals surface area contributed by atoms with E-state index in [0.717, 1.165) is 28.1 Å². The van der Waals surface area contributed by atoms with Crippen molar-refractivity contribution < 1.29 is 13.2 Å². The van der Waals surface area contributed by atoms with Gasteiger partial charge in [0.05, 0.1) is 17.7 Å². The molecule has 0 saturated carbocycles. The van der Waals surface area contributed by atoms with E-state index in [9.17, 15) is 8.42 Å². The number of para-hydroxylation sites is 1. The normalized spacial score (nSPS) is 11.8. The molecule has 0 atom stereocenters. The van der Waals surface area contributed by atoms with E-state index in [-0.39, 0.29) is 11.4 Å². The smallest absolute Gasteiger partial charge is 0.241 e. The lowest BCUT2D eigenvalue weighted by Gasteiger charge is -2.13. The molecule has 2 aromatic carbocycles. The summed E-state index contributed by atoms with van der Waals surface area (Å²) in [4.78, 5) is 4.84. The molecule has 0 aliphatic carbocycles. The first kappa shape index (κ1) is 22.0. The standard InChI is InChI=1S/C24H26N4O3S/c1-5-31-22-9-7-6-8-20(22)14-26-32(29,30)23-13-19(11-10-16(23)2)21-15-25-28-18(4)12-17(3)27-24(21)28/h6-13,15,26H,5,14H2,1-4H3. The van der Waals surface area contributed by atoms with E-state index in [1.54, 1.807) is 23.7 Å². The minimum absolute atomic E-state index is 0.138. The second-order valence-electron chi connectivity index (χ2n) is 7.68. The number of nitrogens with one attached hydrogen (secondary N) is 1. The maximum atomic E-state index is 13.2. The Morgan fingerprint density at radius 1 is 1.06 bits per heavy atom. The third-order valence-electron chi connectivity index (χ3n) is 5.29. The second kappa shape index (κ2) is 8.72. The first-order chi connectivity index (χ1) is 15.3. The SMILES string of the molecule is CCOc1ccccc1CNS(=O)(=O)c1cc(-c2cnn3c(C)cc(C)nc23)ccc1C. The summed E-state index contributed by atoms with van der Waals surface area (Å²) in [5.74, 6) is 0.673. The lowest BCUT2D eigenvalue weighted by molar-refractivity contribution is 0.336. The van der Waals surface area contributed by atoms with Gasteiger partial charge in [0.15, 0.2) is 5.65 Å². The van der Waals surface area contributed by atoms with Crippen LogP contribution in [0.25, 0.3) is 16.8 Å². The van der Waals surface area contributed by atoms with Gasteiger partial charge in [-0.25, -0.2) is 22.6 Å². The van der Waals surface area contributed by atoms with Crippen molar-refractivity contribution in [1.82, 2.24) is 19.3 Å². The van der Waals surface area contributed by atoms with Gasteiger partial charge >= 0.3 is 0 Å². The van der Waals surface area contributed by atoms with E-state index in [0.29, 0.717) is 23.6 Å². The summed E-state index contributed by atoms with van der Waals surface area (Å²) in [6, 6.07) is 14.8. The topological polar surface area (TPSA) is 85.6 Å². The van der Waals surface area contributed by atoms with Gasteiger partial charge in [-0.05, 0) is 57.0 Å². The van der Waals surface area contributed by atoms with Crippen molar-refractivity contribution in [3.05, 3.63) is 77.2 Å². The Bertz CT molecular complexity index is 1390. The van der Waals surface area contributed by atoms with Crippen molar-refractivity contribution >= 4 is 15.7 Å². The zero-order chi connectivity index (χ0) is 22.9. The van der Waals surface area contributed by atoms with Crippen LogP contribution in [0.4, 0.5) is 0 Å². The van der Waals surface area contributed by atoms with Gasteiger partial charge in [-0.2, -0.15) is 5.10 Å². The average Bonchev–Trinajstić information content (AvgIpc) is 3.18. The molecule has 32 heavy (non-hydrogen) atoms. The Kier molecular flexibility index (Phi) is 5.99. The van der Waals surface area contributed by atoms with Crippen molar-refractivity contribution in [1.29, 1.82) is 0 Å². The Morgan fingerprint density at radius 3 is 2.62 bits per heavy atom. The molecule has 2 heterocycles. The lowest BCUT2D eigenvalue weighted by atomic mass is 10.1. The van der Waals surface area contributed by atoms with E-state index in [4.69, 9.17) is 4.74 Å². The largest absolute Gasteiger partial charge is 0.494 e. The number of nitrogens with zero attached hydrogens (tertiary/aromatic N) is 3. The molecule has 8 heteroatoms. The van der Waals surface area contributed by atoms with Crippen LogP contribution < -0.4 is 9.46 Å². The van der Waals surface area contributed by atoms with Gasteiger partial charge in [0.25, 0.3) is 0 Å². The van der Waals surface area contributed by atoms with E-state index in [1.807, 2.05) is 63.2 Å². The van der Waals surface area contributed by atoms with Crippen molar-refractivity contribution in [2.75, 3.05) is 6.61 Å². The highest BCUT2D eigenvalue weighted by molar-refractivity contribution is 7.89. The molecule has 7 nitrogen and oxygen atoms in total. The molecule has 0 aliphatic rings. The highest BCUT2D eigenvalue weighted by Crippen LogP contribution is 2.28. The monoisotopic (exact) mass is 450 g/mol. The number of fused-ring (bicyclic) bond motifs is 1. The summed E-state index contributed by atoms with van der Waals surface area (Å²) in [7, 11) is -3.76. The molecule has 4 aromatic rings. The van der Waals surface area contributed by atoms with Gasteiger partial charge < -0.3 is 4.74 Å². The minimum Gasteiger partial charge on any atom is -0.494 e. The summed E-state index contributed by atoms with van der Waals surface area (Å²) >= 11 is 0. The quantitative estimate of drug-likeness (QED) is 0.456. The maximum Gasteiger partial charge on any atom is 0.241 e. The van der Waals surface area contributed by atoms with Crippen LogP contribution in [0.2, 0.25) is 0 Å². The van der Waals surface area contributed by atoms with Gasteiger partial charge in [-0.3, -0.25) is 0 Å². The van der Waals surface area contributed by atoms with Gasteiger partial charge in [-0.1, -0.05) is 30.3 Å². The van der Waals surface area contributed by atoms with Crippen molar-refractivity contribution in [3.63, 3.8) is 0 Å². The van der Waals surface area contributed by atoms with E-state index >= 15 is 0 Å². The Morgan fingerprint density at radius 2 is 1.84 bits per heavy atom. The molecule has 0 radical (unpaired) electrons. The number of benzene rings is 2. The zero-order valence-electron chi connectivity index (χ0n) is 18.6. The fourth-order valence-electron chi connectivity index (χ4n) is 3.73. The van der Waals surface area contributed by atoms with Crippen molar-refractivity contribution in [3.8, 4) is 16.9 Å². The van der Waals surface area contributed by atoms with Crippen molar-refractivity contribution in [2.45, 2.75) is 39.1 Å². The van der Waals surface area contributed by atoms with Crippen LogP contribution in [-0.4, -0.2) is 29.6 Å². The highest BCUT2D eigenvalue weighted by atomic mass is 32.2. The van der Waals surface area contributed by atoms with Crippen LogP contribution >= 0.6 is 0 Å². The van der Waals surface area contributed by atoms with Gasteiger partial charge in [0.2, 0.25) is 10.0 Å². The first-order valence-corrected chi connectivity index (χ1v) is 11.9. The molecular weight excluding hydrogens is 424 g/mol. The molecule has 166 valence electrons. The number of ether oxygens (including phenoxy) is 1. The number of rotatable bonds is 7. The fourth-order valence-corrected chi connectivity index (χ4v) is 5.00. The summed E-state index contributed by atoms with van der Waals surface area (Å²) in [6.45, 7) is 8.23. The van der Waals surface area contributed by atoms with E-state index in [2.05, 4.69) is 14.8 Å². The molecular formula is C24H26N4O3S. The molecule has 0 aliphatic heterocycles. The first-order valence-electron chi connectivity index (χ1n) is 10.4. The third-order valence-corrected chi connectivity index (χ3v) is 6.83. The van der Waals surface area contributed by atoms with Gasteiger partial charge in [0, 0.05) is 29.1 Å². The molecule has 0 bridgehead atoms. The zero-order valence-corrected chi connectivity index (χ0v) is 19.4. The summed E-state index contributed by atoms with van der Waals surface area (Å²) in [5, 5.41) is 4.43. The van der Waals surface area contributed by atoms with Crippen LogP contribution in [0.5, 0.6) is 5.75 Å². The van der Waals surface area contributed by atoms with Crippen LogP contribution in [0.15, 0.2) is 59.6 Å². The molecule has 2 aromatic heterocycles. The number of sulfonamides is 1. The summed E-state index contributed by atoms with van der Waals surface area (Å²) < 4.78 is 36.5. The van der Waals surface area contributed by atoms with E-state index < -0.39 is 10.0 Å². The predicted molar refractivity (Wildman–Crippen MR) is 124 cm³/mol. The van der Waals surface area contributed by atoms with Gasteiger partial charge in [-0.15, -0.1) is 0 Å². The Balaban J connectivity index is 1.69. The van der Waals surface area contributed by atoms with Crippen molar-refractivity contribution in [2.24, 2.45) is 0 Å². The second-order valence-corrected chi connectivity index (χ2v) is 9.41. The fraction of sp³-hybridized carbons (Fsp3) is 0.250. The van der Waals surface area contributed by atoms with Gasteiger partial charge in [0.1, 0.15) is 5.75 Å². The number of hydrogen-bond acceptors (Lipinski definition) is 5. The highest BCUT2D eigenvalue weighted by Gasteiger charge is 2.20. The molecule has 0 amide bonds. The number of aromatic nitrogens is 3. The molecule has 0 fully saturated rings. The minimum atomic E-state index is -3.76.